The van der Waals surface area contributed by atoms with Gasteiger partial charge in [0.2, 0.25) is 0 Å². The van der Waals surface area contributed by atoms with Gasteiger partial charge in [0.25, 0.3) is 5.91 Å². The Bertz CT molecular complexity index is 371. The molecule has 0 bridgehead atoms. The summed E-state index contributed by atoms with van der Waals surface area (Å²) in [6, 6.07) is 3.78. The molecule has 0 atom stereocenters. The fourth-order valence-corrected chi connectivity index (χ4v) is 1.69. The largest absolute Gasteiger partial charge is 0.398 e. The lowest BCUT2D eigenvalue weighted by atomic mass is 10.1. The number of thioether (sulfide) groups is 1. The Labute approximate surface area is 98.6 Å². The summed E-state index contributed by atoms with van der Waals surface area (Å²) in [6.07, 6.45) is 2.92. The van der Waals surface area contributed by atoms with Crippen LogP contribution in [0.25, 0.3) is 0 Å². The number of anilines is 1. The van der Waals surface area contributed by atoms with Crippen molar-refractivity contribution < 1.29 is 9.18 Å². The predicted molar refractivity (Wildman–Crippen MR) is 66.1 cm³/mol. The maximum Gasteiger partial charge on any atom is 0.253 e. The van der Waals surface area contributed by atoms with Gasteiger partial charge in [0, 0.05) is 12.2 Å². The summed E-state index contributed by atoms with van der Waals surface area (Å²) in [6.45, 7) is 0.608. The standard InChI is InChI=1S/C11H15FN2OS/c1-16-6-2-5-14-11(15)9-4-3-8(12)7-10(9)13/h3-4,7H,2,5-6,13H2,1H3,(H,14,15). The summed E-state index contributed by atoms with van der Waals surface area (Å²) in [4.78, 5) is 11.6. The van der Waals surface area contributed by atoms with Gasteiger partial charge in [0.1, 0.15) is 5.82 Å². The number of nitrogens with one attached hydrogen (secondary N) is 1. The molecule has 5 heteroatoms. The fourth-order valence-electron chi connectivity index (χ4n) is 1.25. The number of hydrogen-bond donors (Lipinski definition) is 2. The van der Waals surface area contributed by atoms with Gasteiger partial charge in [-0.05, 0) is 36.6 Å². The fraction of sp³-hybridized carbons (Fsp3) is 0.364. The molecule has 0 saturated carbocycles. The van der Waals surface area contributed by atoms with Gasteiger partial charge in [-0.2, -0.15) is 11.8 Å². The van der Waals surface area contributed by atoms with Gasteiger partial charge in [-0.1, -0.05) is 0 Å². The third-order valence-corrected chi connectivity index (χ3v) is 2.77. The van der Waals surface area contributed by atoms with Crippen LogP contribution in [0.2, 0.25) is 0 Å². The molecule has 3 nitrogen and oxygen atoms in total. The molecule has 0 aromatic heterocycles. The van der Waals surface area contributed by atoms with Crippen LogP contribution in [0.15, 0.2) is 18.2 Å². The second kappa shape index (κ2) is 6.37. The lowest BCUT2D eigenvalue weighted by Crippen LogP contribution is -2.25. The third-order valence-electron chi connectivity index (χ3n) is 2.07. The van der Waals surface area contributed by atoms with Crippen molar-refractivity contribution in [3.8, 4) is 0 Å². The van der Waals surface area contributed by atoms with Crippen LogP contribution in [0.1, 0.15) is 16.8 Å². The minimum absolute atomic E-state index is 0.169. The van der Waals surface area contributed by atoms with Gasteiger partial charge in [-0.3, -0.25) is 4.79 Å². The van der Waals surface area contributed by atoms with E-state index in [9.17, 15) is 9.18 Å². The Hall–Kier alpha value is -1.23. The molecule has 0 heterocycles. The Morgan fingerprint density at radius 1 is 1.56 bits per heavy atom. The van der Waals surface area contributed by atoms with E-state index >= 15 is 0 Å². The average molecular weight is 242 g/mol. The highest BCUT2D eigenvalue weighted by Crippen LogP contribution is 2.12. The molecule has 0 spiro atoms. The van der Waals surface area contributed by atoms with Gasteiger partial charge in [-0.25, -0.2) is 4.39 Å². The van der Waals surface area contributed by atoms with E-state index in [4.69, 9.17) is 5.73 Å². The molecular formula is C11H15FN2OS. The molecule has 1 rings (SSSR count). The number of hydrogen-bond acceptors (Lipinski definition) is 3. The van der Waals surface area contributed by atoms with Crippen LogP contribution in [0.3, 0.4) is 0 Å². The lowest BCUT2D eigenvalue weighted by Gasteiger charge is -2.06. The lowest BCUT2D eigenvalue weighted by molar-refractivity contribution is 0.0954. The molecule has 1 amide bonds. The molecule has 0 aliphatic rings. The molecular weight excluding hydrogens is 227 g/mol. The van der Waals surface area contributed by atoms with Gasteiger partial charge < -0.3 is 11.1 Å². The highest BCUT2D eigenvalue weighted by atomic mass is 32.2. The van der Waals surface area contributed by atoms with Crippen LogP contribution in [-0.4, -0.2) is 24.5 Å². The topological polar surface area (TPSA) is 55.1 Å². The van der Waals surface area contributed by atoms with Crippen molar-refractivity contribution >= 4 is 23.4 Å². The minimum Gasteiger partial charge on any atom is -0.398 e. The first-order valence-corrected chi connectivity index (χ1v) is 6.36. The van der Waals surface area contributed by atoms with Gasteiger partial charge in [0.15, 0.2) is 0 Å². The average Bonchev–Trinajstić information content (AvgIpc) is 2.24. The monoisotopic (exact) mass is 242 g/mol. The normalized spacial score (nSPS) is 10.1. The molecule has 88 valence electrons. The van der Waals surface area contributed by atoms with E-state index in [0.29, 0.717) is 12.1 Å². The SMILES string of the molecule is CSCCCNC(=O)c1ccc(F)cc1N. The van der Waals surface area contributed by atoms with E-state index in [2.05, 4.69) is 5.32 Å². The summed E-state index contributed by atoms with van der Waals surface area (Å²) >= 11 is 1.73. The van der Waals surface area contributed by atoms with E-state index in [1.165, 1.54) is 12.1 Å². The molecule has 0 radical (unpaired) electrons. The zero-order valence-electron chi connectivity index (χ0n) is 9.13. The zero-order valence-corrected chi connectivity index (χ0v) is 9.94. The number of halogens is 1. The minimum atomic E-state index is -0.434. The van der Waals surface area contributed by atoms with Crippen molar-refractivity contribution in [2.75, 3.05) is 24.3 Å². The summed E-state index contributed by atoms with van der Waals surface area (Å²) in [7, 11) is 0. The Kier molecular flexibility index (Phi) is 5.11. The molecule has 0 fully saturated rings. The zero-order chi connectivity index (χ0) is 12.0. The first-order valence-electron chi connectivity index (χ1n) is 4.97. The number of carbonyl (C=O) groups excluding carboxylic acids is 1. The second-order valence-electron chi connectivity index (χ2n) is 3.33. The van der Waals surface area contributed by atoms with Crippen molar-refractivity contribution in [2.45, 2.75) is 6.42 Å². The van der Waals surface area contributed by atoms with Crippen LogP contribution in [0.5, 0.6) is 0 Å². The molecule has 16 heavy (non-hydrogen) atoms. The number of carbonyl (C=O) groups is 1. The molecule has 3 N–H and O–H groups in total. The number of rotatable bonds is 5. The molecule has 1 aromatic rings. The molecule has 0 aliphatic carbocycles. The summed E-state index contributed by atoms with van der Waals surface area (Å²) in [5.41, 5.74) is 6.04. The first kappa shape index (κ1) is 12.8. The number of nitrogen functional groups attached to an aromatic ring is 1. The summed E-state index contributed by atoms with van der Waals surface area (Å²) in [5.74, 6) is 0.314. The Morgan fingerprint density at radius 2 is 2.31 bits per heavy atom. The summed E-state index contributed by atoms with van der Waals surface area (Å²) < 4.78 is 12.7. The van der Waals surface area contributed by atoms with Gasteiger partial charge >= 0.3 is 0 Å². The molecule has 0 aliphatic heterocycles. The predicted octanol–water partition coefficient (Wildman–Crippen LogP) is 1.89. The second-order valence-corrected chi connectivity index (χ2v) is 4.32. The summed E-state index contributed by atoms with van der Waals surface area (Å²) in [5, 5.41) is 2.74. The van der Waals surface area contributed by atoms with Crippen LogP contribution < -0.4 is 11.1 Å². The van der Waals surface area contributed by atoms with Crippen molar-refractivity contribution in [2.24, 2.45) is 0 Å². The van der Waals surface area contributed by atoms with Gasteiger partial charge in [0.05, 0.1) is 5.56 Å². The maximum atomic E-state index is 12.7. The Balaban J connectivity index is 2.53. The van der Waals surface area contributed by atoms with E-state index in [0.717, 1.165) is 18.2 Å². The molecule has 0 unspecified atom stereocenters. The molecule has 1 aromatic carbocycles. The highest BCUT2D eigenvalue weighted by Gasteiger charge is 2.09. The van der Waals surface area contributed by atoms with E-state index < -0.39 is 5.82 Å². The van der Waals surface area contributed by atoms with E-state index in [1.807, 2.05) is 6.26 Å². The quantitative estimate of drug-likeness (QED) is 0.612. The van der Waals surface area contributed by atoms with E-state index in [-0.39, 0.29) is 11.6 Å². The van der Waals surface area contributed by atoms with Crippen LogP contribution in [-0.2, 0) is 0 Å². The van der Waals surface area contributed by atoms with Crippen molar-refractivity contribution in [3.63, 3.8) is 0 Å². The maximum absolute atomic E-state index is 12.7. The van der Waals surface area contributed by atoms with Gasteiger partial charge in [-0.15, -0.1) is 0 Å². The number of nitrogens with two attached hydrogens (primary N) is 1. The van der Waals surface area contributed by atoms with E-state index in [1.54, 1.807) is 11.8 Å². The van der Waals surface area contributed by atoms with Crippen LogP contribution in [0.4, 0.5) is 10.1 Å². The highest BCUT2D eigenvalue weighted by molar-refractivity contribution is 7.98. The van der Waals surface area contributed by atoms with Crippen LogP contribution in [0, 0.1) is 5.82 Å². The Morgan fingerprint density at radius 3 is 2.94 bits per heavy atom. The van der Waals surface area contributed by atoms with Crippen LogP contribution >= 0.6 is 11.8 Å². The van der Waals surface area contributed by atoms with Crippen molar-refractivity contribution in [3.05, 3.63) is 29.6 Å². The number of benzene rings is 1. The first-order chi connectivity index (χ1) is 7.65. The molecule has 0 saturated heterocycles. The van der Waals surface area contributed by atoms with Crippen molar-refractivity contribution in [1.82, 2.24) is 5.32 Å². The van der Waals surface area contributed by atoms with Crippen molar-refractivity contribution in [1.29, 1.82) is 0 Å². The third kappa shape index (κ3) is 3.73. The number of amides is 1. The smallest absolute Gasteiger partial charge is 0.253 e.